The molecule has 2 aromatic rings. The summed E-state index contributed by atoms with van der Waals surface area (Å²) >= 11 is 0. The minimum atomic E-state index is -0.509. The molecule has 0 bridgehead atoms. The largest absolute Gasteiger partial charge is 0.496 e. The van der Waals surface area contributed by atoms with E-state index in [1.54, 1.807) is 19.9 Å². The Balaban J connectivity index is 2.23. The van der Waals surface area contributed by atoms with Crippen LogP contribution in [-0.2, 0) is 6.61 Å². The number of aromatic nitrogens is 1. The van der Waals surface area contributed by atoms with Crippen LogP contribution in [0.4, 0.5) is 5.69 Å². The molecule has 0 atom stereocenters. The van der Waals surface area contributed by atoms with Crippen molar-refractivity contribution in [3.05, 3.63) is 45.3 Å². The molecule has 0 radical (unpaired) electrons. The first-order valence-corrected chi connectivity index (χ1v) is 5.90. The van der Waals surface area contributed by atoms with Crippen LogP contribution in [0.15, 0.2) is 22.7 Å². The number of hydrogen-bond donors (Lipinski definition) is 0. The van der Waals surface area contributed by atoms with Gasteiger partial charge < -0.3 is 14.0 Å². The molecule has 0 aliphatic heterocycles. The number of hydrogen-bond acceptors (Lipinski definition) is 6. The van der Waals surface area contributed by atoms with Gasteiger partial charge in [-0.1, -0.05) is 5.16 Å². The zero-order valence-electron chi connectivity index (χ0n) is 11.4. The van der Waals surface area contributed by atoms with Crippen molar-refractivity contribution in [2.24, 2.45) is 0 Å². The van der Waals surface area contributed by atoms with Crippen LogP contribution < -0.4 is 9.47 Å². The first-order valence-electron chi connectivity index (χ1n) is 5.90. The Kier molecular flexibility index (Phi) is 3.88. The van der Waals surface area contributed by atoms with Gasteiger partial charge >= 0.3 is 5.69 Å². The van der Waals surface area contributed by atoms with Crippen LogP contribution in [0.1, 0.15) is 17.0 Å². The second kappa shape index (κ2) is 5.60. The van der Waals surface area contributed by atoms with E-state index in [0.717, 1.165) is 5.56 Å². The summed E-state index contributed by atoms with van der Waals surface area (Å²) < 4.78 is 15.5. The molecule has 0 N–H and O–H groups in total. The van der Waals surface area contributed by atoms with Gasteiger partial charge in [-0.15, -0.1) is 0 Å². The maximum atomic E-state index is 11.0. The second-order valence-electron chi connectivity index (χ2n) is 4.18. The minimum absolute atomic E-state index is 0.142. The maximum Gasteiger partial charge on any atom is 0.314 e. The minimum Gasteiger partial charge on any atom is -0.496 e. The number of aryl methyl sites for hydroxylation is 2. The summed E-state index contributed by atoms with van der Waals surface area (Å²) in [6.07, 6.45) is 0. The van der Waals surface area contributed by atoms with E-state index in [-0.39, 0.29) is 18.0 Å². The van der Waals surface area contributed by atoms with Gasteiger partial charge in [-0.05, 0) is 26.0 Å². The van der Waals surface area contributed by atoms with Crippen molar-refractivity contribution in [2.75, 3.05) is 7.11 Å². The van der Waals surface area contributed by atoms with E-state index in [4.69, 9.17) is 14.0 Å². The van der Waals surface area contributed by atoms with Gasteiger partial charge in [0.25, 0.3) is 0 Å². The molecule has 2 rings (SSSR count). The van der Waals surface area contributed by atoms with Crippen LogP contribution in [0.5, 0.6) is 11.5 Å². The van der Waals surface area contributed by atoms with Crippen molar-refractivity contribution < 1.29 is 18.9 Å². The van der Waals surface area contributed by atoms with E-state index in [2.05, 4.69) is 5.16 Å². The van der Waals surface area contributed by atoms with Crippen molar-refractivity contribution >= 4 is 5.69 Å². The summed E-state index contributed by atoms with van der Waals surface area (Å²) in [4.78, 5) is 10.5. The summed E-state index contributed by atoms with van der Waals surface area (Å²) in [7, 11) is 1.45. The molecule has 7 heteroatoms. The van der Waals surface area contributed by atoms with Crippen LogP contribution >= 0.6 is 0 Å². The topological polar surface area (TPSA) is 87.6 Å². The van der Waals surface area contributed by atoms with Crippen molar-refractivity contribution in [1.82, 2.24) is 5.16 Å². The molecule has 7 nitrogen and oxygen atoms in total. The van der Waals surface area contributed by atoms with Gasteiger partial charge in [-0.25, -0.2) is 0 Å². The fourth-order valence-corrected chi connectivity index (χ4v) is 1.75. The Morgan fingerprint density at radius 3 is 2.70 bits per heavy atom. The molecule has 0 fully saturated rings. The summed E-state index contributed by atoms with van der Waals surface area (Å²) in [6, 6.07) is 4.44. The summed E-state index contributed by atoms with van der Waals surface area (Å²) in [5.74, 6) is 1.22. The number of nitro benzene ring substituents is 1. The highest BCUT2D eigenvalue weighted by Crippen LogP contribution is 2.31. The third-order valence-corrected chi connectivity index (χ3v) is 2.92. The van der Waals surface area contributed by atoms with Crippen LogP contribution in [0.25, 0.3) is 0 Å². The fourth-order valence-electron chi connectivity index (χ4n) is 1.75. The number of ether oxygens (including phenoxy) is 2. The number of methoxy groups -OCH3 is 1. The van der Waals surface area contributed by atoms with Gasteiger partial charge in [0.1, 0.15) is 18.1 Å². The lowest BCUT2D eigenvalue weighted by Gasteiger charge is -2.07. The molecule has 1 aromatic carbocycles. The summed E-state index contributed by atoms with van der Waals surface area (Å²) in [6.45, 7) is 3.72. The predicted octanol–water partition coefficient (Wildman–Crippen LogP) is 2.79. The van der Waals surface area contributed by atoms with Crippen LogP contribution in [0, 0.1) is 24.0 Å². The van der Waals surface area contributed by atoms with Gasteiger partial charge in [-0.2, -0.15) is 0 Å². The summed E-state index contributed by atoms with van der Waals surface area (Å²) in [5.41, 5.74) is 1.35. The fraction of sp³-hybridized carbons (Fsp3) is 0.308. The summed E-state index contributed by atoms with van der Waals surface area (Å²) in [5, 5.41) is 14.8. The van der Waals surface area contributed by atoms with Crippen molar-refractivity contribution in [1.29, 1.82) is 0 Å². The Morgan fingerprint density at radius 2 is 2.15 bits per heavy atom. The Morgan fingerprint density at radius 1 is 1.40 bits per heavy atom. The molecule has 1 aromatic heterocycles. The van der Waals surface area contributed by atoms with Gasteiger partial charge in [0.15, 0.2) is 5.75 Å². The van der Waals surface area contributed by atoms with Crippen molar-refractivity contribution in [3.8, 4) is 11.5 Å². The van der Waals surface area contributed by atoms with Gasteiger partial charge in [0, 0.05) is 0 Å². The highest BCUT2D eigenvalue weighted by Gasteiger charge is 2.18. The van der Waals surface area contributed by atoms with Crippen LogP contribution in [0.2, 0.25) is 0 Å². The molecular formula is C13H14N2O5. The highest BCUT2D eigenvalue weighted by molar-refractivity contribution is 5.51. The molecule has 0 aliphatic rings. The Hall–Kier alpha value is -2.57. The predicted molar refractivity (Wildman–Crippen MR) is 70.0 cm³/mol. The van der Waals surface area contributed by atoms with E-state index in [9.17, 15) is 10.1 Å². The smallest absolute Gasteiger partial charge is 0.314 e. The molecule has 0 saturated carbocycles. The maximum absolute atomic E-state index is 11.0. The molecule has 0 spiro atoms. The number of benzene rings is 1. The van der Waals surface area contributed by atoms with E-state index in [0.29, 0.717) is 17.2 Å². The van der Waals surface area contributed by atoms with E-state index in [1.165, 1.54) is 19.2 Å². The van der Waals surface area contributed by atoms with Gasteiger partial charge in [-0.3, -0.25) is 10.1 Å². The molecule has 0 amide bonds. The van der Waals surface area contributed by atoms with Crippen molar-refractivity contribution in [3.63, 3.8) is 0 Å². The molecule has 1 heterocycles. The third kappa shape index (κ3) is 2.71. The van der Waals surface area contributed by atoms with E-state index < -0.39 is 4.92 Å². The molecular weight excluding hydrogens is 264 g/mol. The molecule has 0 aliphatic carbocycles. The van der Waals surface area contributed by atoms with E-state index >= 15 is 0 Å². The quantitative estimate of drug-likeness (QED) is 0.617. The second-order valence-corrected chi connectivity index (χ2v) is 4.18. The van der Waals surface area contributed by atoms with Gasteiger partial charge in [0.05, 0.1) is 29.4 Å². The van der Waals surface area contributed by atoms with Crippen molar-refractivity contribution in [2.45, 2.75) is 20.5 Å². The average molecular weight is 278 g/mol. The highest BCUT2D eigenvalue weighted by atomic mass is 16.6. The Labute approximate surface area is 115 Å². The lowest BCUT2D eigenvalue weighted by atomic mass is 10.2. The van der Waals surface area contributed by atoms with E-state index in [1.807, 2.05) is 0 Å². The Bertz CT molecular complexity index is 616. The SMILES string of the molecule is COc1ccc(OCc2c(C)noc2C)c([N+](=O)[O-])c1. The number of nitrogens with zero attached hydrogens (tertiary/aromatic N) is 2. The van der Waals surface area contributed by atoms with Crippen LogP contribution in [-0.4, -0.2) is 17.2 Å². The van der Waals surface area contributed by atoms with Crippen LogP contribution in [0.3, 0.4) is 0 Å². The normalized spacial score (nSPS) is 10.3. The zero-order chi connectivity index (χ0) is 14.7. The average Bonchev–Trinajstić information content (AvgIpc) is 2.75. The molecule has 0 saturated heterocycles. The molecule has 20 heavy (non-hydrogen) atoms. The number of rotatable bonds is 5. The zero-order valence-corrected chi connectivity index (χ0v) is 11.4. The number of nitro groups is 1. The molecule has 0 unspecified atom stereocenters. The standard InChI is InChI=1S/C13H14N2O5/c1-8-11(9(2)20-14-8)7-19-13-5-4-10(18-3)6-12(13)15(16)17/h4-6H,7H2,1-3H3. The third-order valence-electron chi connectivity index (χ3n) is 2.92. The lowest BCUT2D eigenvalue weighted by Crippen LogP contribution is -2.01. The molecule has 106 valence electrons. The first-order chi connectivity index (χ1) is 9.52. The first kappa shape index (κ1) is 13.9. The monoisotopic (exact) mass is 278 g/mol. The van der Waals surface area contributed by atoms with Gasteiger partial charge in [0.2, 0.25) is 0 Å². The lowest BCUT2D eigenvalue weighted by molar-refractivity contribution is -0.386.